The molecular formula is C12H21N3O4S. The fourth-order valence-corrected chi connectivity index (χ4v) is 3.64. The third-order valence-electron chi connectivity index (χ3n) is 3.51. The number of hydrogen-bond donors (Lipinski definition) is 2. The van der Waals surface area contributed by atoms with Gasteiger partial charge >= 0.3 is 0 Å². The number of rotatable bonds is 5. The molecule has 0 saturated carbocycles. The van der Waals surface area contributed by atoms with Gasteiger partial charge in [0.2, 0.25) is 5.89 Å². The van der Waals surface area contributed by atoms with Crippen molar-refractivity contribution in [1.82, 2.24) is 14.0 Å². The zero-order valence-corrected chi connectivity index (χ0v) is 12.6. The average molecular weight is 303 g/mol. The molecular weight excluding hydrogens is 282 g/mol. The Morgan fingerprint density at radius 2 is 2.20 bits per heavy atom. The normalized spacial score (nSPS) is 20.1. The molecule has 2 heterocycles. The van der Waals surface area contributed by atoms with Gasteiger partial charge in [-0.1, -0.05) is 0 Å². The van der Waals surface area contributed by atoms with Crippen molar-refractivity contribution in [2.45, 2.75) is 32.7 Å². The minimum absolute atomic E-state index is 0.118. The van der Waals surface area contributed by atoms with E-state index in [4.69, 9.17) is 9.52 Å². The van der Waals surface area contributed by atoms with Crippen molar-refractivity contribution < 1.29 is 17.9 Å². The van der Waals surface area contributed by atoms with Gasteiger partial charge in [-0.25, -0.2) is 4.98 Å². The van der Waals surface area contributed by atoms with Crippen LogP contribution in [-0.2, 0) is 10.2 Å². The highest BCUT2D eigenvalue weighted by atomic mass is 32.2. The summed E-state index contributed by atoms with van der Waals surface area (Å²) >= 11 is 0. The van der Waals surface area contributed by atoms with Crippen LogP contribution < -0.4 is 4.72 Å². The molecule has 0 aliphatic carbocycles. The summed E-state index contributed by atoms with van der Waals surface area (Å²) in [5.74, 6) is 1.21. The van der Waals surface area contributed by atoms with Gasteiger partial charge in [-0.15, -0.1) is 0 Å². The topological polar surface area (TPSA) is 95.7 Å². The highest BCUT2D eigenvalue weighted by Crippen LogP contribution is 2.20. The van der Waals surface area contributed by atoms with E-state index in [-0.39, 0.29) is 12.5 Å². The summed E-state index contributed by atoms with van der Waals surface area (Å²) in [6.07, 6.45) is 2.93. The molecule has 1 aliphatic heterocycles. The van der Waals surface area contributed by atoms with Gasteiger partial charge in [-0.05, 0) is 32.6 Å². The molecule has 0 aromatic carbocycles. The first-order valence-electron chi connectivity index (χ1n) is 6.73. The minimum atomic E-state index is -3.55. The Bertz CT molecular complexity index is 535. The zero-order valence-electron chi connectivity index (χ0n) is 11.7. The number of hydrogen-bond acceptors (Lipinski definition) is 5. The van der Waals surface area contributed by atoms with Crippen molar-refractivity contribution in [3.05, 3.63) is 17.8 Å². The third-order valence-corrected chi connectivity index (χ3v) is 5.20. The van der Waals surface area contributed by atoms with E-state index in [1.54, 1.807) is 20.0 Å². The van der Waals surface area contributed by atoms with Gasteiger partial charge in [-0.2, -0.15) is 17.4 Å². The van der Waals surface area contributed by atoms with E-state index in [1.807, 2.05) is 0 Å². The van der Waals surface area contributed by atoms with Crippen LogP contribution in [0.15, 0.2) is 10.6 Å². The Hall–Kier alpha value is -0.960. The molecule has 1 aromatic rings. The van der Waals surface area contributed by atoms with Crippen molar-refractivity contribution in [1.29, 1.82) is 0 Å². The molecule has 1 fully saturated rings. The summed E-state index contributed by atoms with van der Waals surface area (Å²) in [4.78, 5) is 4.03. The van der Waals surface area contributed by atoms with Gasteiger partial charge in [0, 0.05) is 19.7 Å². The Kier molecular flexibility index (Phi) is 4.79. The lowest BCUT2D eigenvalue weighted by molar-refractivity contribution is 0.169. The fraction of sp³-hybridized carbons (Fsp3) is 0.750. The average Bonchev–Trinajstić information content (AvgIpc) is 2.85. The van der Waals surface area contributed by atoms with Crippen LogP contribution in [0.25, 0.3) is 0 Å². The van der Waals surface area contributed by atoms with Crippen LogP contribution >= 0.6 is 0 Å². The zero-order chi connectivity index (χ0) is 14.8. The van der Waals surface area contributed by atoms with E-state index in [1.165, 1.54) is 4.31 Å². The van der Waals surface area contributed by atoms with Gasteiger partial charge in [-0.3, -0.25) is 0 Å². The molecule has 0 bridgehead atoms. The molecule has 1 aliphatic rings. The van der Waals surface area contributed by atoms with Crippen LogP contribution in [0.4, 0.5) is 0 Å². The molecule has 0 radical (unpaired) electrons. The van der Waals surface area contributed by atoms with Crippen LogP contribution in [0.3, 0.4) is 0 Å². The minimum Gasteiger partial charge on any atom is -0.444 e. The lowest BCUT2D eigenvalue weighted by Crippen LogP contribution is -2.46. The second-order valence-corrected chi connectivity index (χ2v) is 6.88. The molecule has 1 saturated heterocycles. The Morgan fingerprint density at radius 1 is 1.55 bits per heavy atom. The molecule has 0 amide bonds. The van der Waals surface area contributed by atoms with E-state index in [9.17, 15) is 8.42 Å². The molecule has 2 N–H and O–H groups in total. The van der Waals surface area contributed by atoms with Crippen molar-refractivity contribution >= 4 is 10.2 Å². The predicted octanol–water partition coefficient (Wildman–Crippen LogP) is 0.583. The molecule has 1 aromatic heterocycles. The maximum Gasteiger partial charge on any atom is 0.280 e. The van der Waals surface area contributed by atoms with E-state index in [0.717, 1.165) is 0 Å². The number of aryl methyl sites for hydroxylation is 1. The summed E-state index contributed by atoms with van der Waals surface area (Å²) in [5.41, 5.74) is 0. The number of nitrogens with one attached hydrogen (secondary N) is 1. The van der Waals surface area contributed by atoms with E-state index in [0.29, 0.717) is 37.6 Å². The standard InChI is InChI=1S/C12H21N3O4S/c1-9-7-13-12(19-9)10(2)14-20(17,18)15-5-3-11(8-16)4-6-15/h7,10-11,14,16H,3-6,8H2,1-2H3. The molecule has 2 rings (SSSR count). The van der Waals surface area contributed by atoms with Crippen molar-refractivity contribution in [2.24, 2.45) is 5.92 Å². The van der Waals surface area contributed by atoms with Gasteiger partial charge in [0.25, 0.3) is 10.2 Å². The van der Waals surface area contributed by atoms with Crippen molar-refractivity contribution in [3.63, 3.8) is 0 Å². The molecule has 20 heavy (non-hydrogen) atoms. The molecule has 1 atom stereocenters. The number of oxazole rings is 1. The summed E-state index contributed by atoms with van der Waals surface area (Å²) < 4.78 is 33.8. The number of aliphatic hydroxyl groups is 1. The molecule has 1 unspecified atom stereocenters. The fourth-order valence-electron chi connectivity index (χ4n) is 2.25. The Labute approximate surface area is 119 Å². The molecule has 7 nitrogen and oxygen atoms in total. The smallest absolute Gasteiger partial charge is 0.280 e. The largest absolute Gasteiger partial charge is 0.444 e. The van der Waals surface area contributed by atoms with Crippen LogP contribution in [0.1, 0.15) is 37.5 Å². The quantitative estimate of drug-likeness (QED) is 0.829. The summed E-state index contributed by atoms with van der Waals surface area (Å²) in [6.45, 7) is 4.43. The molecule has 8 heteroatoms. The second kappa shape index (κ2) is 6.21. The third kappa shape index (κ3) is 3.57. The number of aromatic nitrogens is 1. The summed E-state index contributed by atoms with van der Waals surface area (Å²) in [6, 6.07) is -0.510. The van der Waals surface area contributed by atoms with Crippen LogP contribution in [-0.4, -0.2) is 42.5 Å². The Balaban J connectivity index is 1.97. The first-order chi connectivity index (χ1) is 9.42. The monoisotopic (exact) mass is 303 g/mol. The Morgan fingerprint density at radius 3 is 2.70 bits per heavy atom. The van der Waals surface area contributed by atoms with Crippen molar-refractivity contribution in [2.75, 3.05) is 19.7 Å². The van der Waals surface area contributed by atoms with Crippen LogP contribution in [0.2, 0.25) is 0 Å². The summed E-state index contributed by atoms with van der Waals surface area (Å²) in [5, 5.41) is 9.07. The van der Waals surface area contributed by atoms with Gasteiger partial charge in [0.15, 0.2) is 0 Å². The van der Waals surface area contributed by atoms with Gasteiger partial charge in [0.05, 0.1) is 12.2 Å². The maximum absolute atomic E-state index is 12.3. The molecule has 114 valence electrons. The predicted molar refractivity (Wildman–Crippen MR) is 73.1 cm³/mol. The highest BCUT2D eigenvalue weighted by molar-refractivity contribution is 7.87. The van der Waals surface area contributed by atoms with Gasteiger partial charge < -0.3 is 9.52 Å². The first kappa shape index (κ1) is 15.4. The van der Waals surface area contributed by atoms with Gasteiger partial charge in [0.1, 0.15) is 5.76 Å². The lowest BCUT2D eigenvalue weighted by atomic mass is 10.00. The lowest BCUT2D eigenvalue weighted by Gasteiger charge is -2.30. The van der Waals surface area contributed by atoms with Crippen LogP contribution in [0, 0.1) is 12.8 Å². The first-order valence-corrected chi connectivity index (χ1v) is 8.17. The van der Waals surface area contributed by atoms with Crippen LogP contribution in [0.5, 0.6) is 0 Å². The summed E-state index contributed by atoms with van der Waals surface area (Å²) in [7, 11) is -3.55. The SMILES string of the molecule is Cc1cnc(C(C)NS(=O)(=O)N2CCC(CO)CC2)o1. The molecule has 0 spiro atoms. The maximum atomic E-state index is 12.3. The number of piperidine rings is 1. The van der Waals surface area contributed by atoms with E-state index in [2.05, 4.69) is 9.71 Å². The number of nitrogens with zero attached hydrogens (tertiary/aromatic N) is 2. The van der Waals surface area contributed by atoms with E-state index >= 15 is 0 Å². The highest BCUT2D eigenvalue weighted by Gasteiger charge is 2.29. The number of aliphatic hydroxyl groups excluding tert-OH is 1. The second-order valence-electron chi connectivity index (χ2n) is 5.18. The van der Waals surface area contributed by atoms with Crippen molar-refractivity contribution in [3.8, 4) is 0 Å². The van der Waals surface area contributed by atoms with E-state index < -0.39 is 16.3 Å².